The largest absolute Gasteiger partial charge is 0.493 e. The molecule has 5 aliphatic carbocycles. The quantitative estimate of drug-likeness (QED) is 0.207. The number of aliphatic hydroxyl groups excluding tert-OH is 2. The van der Waals surface area contributed by atoms with Crippen LogP contribution < -0.4 is 14.8 Å². The van der Waals surface area contributed by atoms with E-state index in [0.29, 0.717) is 39.2 Å². The van der Waals surface area contributed by atoms with Gasteiger partial charge in [-0.2, -0.15) is 0 Å². The van der Waals surface area contributed by atoms with Gasteiger partial charge in [0.15, 0.2) is 11.5 Å². The number of ether oxygens (including phenoxy) is 2. The van der Waals surface area contributed by atoms with Crippen molar-refractivity contribution in [3.05, 3.63) is 32.9 Å². The predicted molar refractivity (Wildman–Crippen MR) is 170 cm³/mol. The average molecular weight is 709 g/mol. The van der Waals surface area contributed by atoms with Crippen molar-refractivity contribution in [3.8, 4) is 11.5 Å². The van der Waals surface area contributed by atoms with Gasteiger partial charge in [-0.25, -0.2) is 0 Å². The fourth-order valence-corrected chi connectivity index (χ4v) is 9.30. The molecule has 3 atom stereocenters. The molecule has 0 aliphatic heterocycles. The van der Waals surface area contributed by atoms with E-state index in [-0.39, 0.29) is 36.8 Å². The minimum Gasteiger partial charge on any atom is -0.493 e. The zero-order valence-corrected chi connectivity index (χ0v) is 27.4. The zero-order chi connectivity index (χ0) is 30.7. The second kappa shape index (κ2) is 13.9. The lowest BCUT2D eigenvalue weighted by atomic mass is 9.49. The van der Waals surface area contributed by atoms with Crippen molar-refractivity contribution in [2.24, 2.45) is 23.2 Å². The lowest BCUT2D eigenvalue weighted by molar-refractivity contribution is -0.147. The maximum absolute atomic E-state index is 14.0. The van der Waals surface area contributed by atoms with Gasteiger partial charge < -0.3 is 29.9 Å². The Bertz CT molecular complexity index is 1200. The van der Waals surface area contributed by atoms with Crippen LogP contribution in [0.2, 0.25) is 0 Å². The number of halogens is 1. The smallest absolute Gasteiger partial charge is 0.247 e. The molecule has 4 fully saturated rings. The van der Waals surface area contributed by atoms with Crippen LogP contribution in [0.15, 0.2) is 23.8 Å². The lowest BCUT2D eigenvalue weighted by Gasteiger charge is -2.58. The Labute approximate surface area is 267 Å². The average Bonchev–Trinajstić information content (AvgIpc) is 2.98. The van der Waals surface area contributed by atoms with Crippen molar-refractivity contribution in [2.75, 3.05) is 26.8 Å². The highest BCUT2D eigenvalue weighted by Gasteiger charge is 2.53. The number of amides is 2. The number of benzene rings is 1. The van der Waals surface area contributed by atoms with Gasteiger partial charge in [-0.1, -0.05) is 13.3 Å². The van der Waals surface area contributed by atoms with Crippen LogP contribution in [0, 0.1) is 26.7 Å². The summed E-state index contributed by atoms with van der Waals surface area (Å²) in [5.74, 6) is 2.51. The Kier molecular flexibility index (Phi) is 10.4. The van der Waals surface area contributed by atoms with Crippen LogP contribution in [-0.2, 0) is 9.59 Å². The first-order valence-electron chi connectivity index (χ1n) is 15.8. The van der Waals surface area contributed by atoms with E-state index in [1.807, 2.05) is 4.90 Å². The highest BCUT2D eigenvalue weighted by molar-refractivity contribution is 14.1. The summed E-state index contributed by atoms with van der Waals surface area (Å²) in [5, 5.41) is 24.0. The van der Waals surface area contributed by atoms with Gasteiger partial charge >= 0.3 is 0 Å². The molecule has 4 bridgehead atoms. The van der Waals surface area contributed by atoms with Crippen LogP contribution in [0.5, 0.6) is 11.5 Å². The van der Waals surface area contributed by atoms with E-state index >= 15 is 0 Å². The molecule has 0 aromatic heterocycles. The molecule has 2 amide bonds. The van der Waals surface area contributed by atoms with Crippen LogP contribution in [-0.4, -0.2) is 78.3 Å². The van der Waals surface area contributed by atoms with Gasteiger partial charge in [0.25, 0.3) is 0 Å². The summed E-state index contributed by atoms with van der Waals surface area (Å²) in [6.45, 7) is 2.55. The summed E-state index contributed by atoms with van der Waals surface area (Å²) >= 11 is 2.06. The van der Waals surface area contributed by atoms with Gasteiger partial charge in [0.1, 0.15) is 18.5 Å². The van der Waals surface area contributed by atoms with Crippen LogP contribution in [0.1, 0.15) is 81.5 Å². The maximum atomic E-state index is 14.0. The summed E-state index contributed by atoms with van der Waals surface area (Å²) in [4.78, 5) is 40.6. The number of aliphatic hydroxyl groups is 2. The number of carbonyl (C=O) groups is 3. The fourth-order valence-electron chi connectivity index (χ4n) is 8.54. The molecule has 43 heavy (non-hydrogen) atoms. The number of nitrogens with one attached hydrogen (secondary N) is 1. The lowest BCUT2D eigenvalue weighted by Crippen LogP contribution is -2.59. The number of aldehydes is 1. The molecular weight excluding hydrogens is 663 g/mol. The van der Waals surface area contributed by atoms with E-state index in [9.17, 15) is 24.6 Å². The molecule has 0 heterocycles. The highest BCUT2D eigenvalue weighted by Crippen LogP contribution is 2.60. The molecule has 0 unspecified atom stereocenters. The van der Waals surface area contributed by atoms with E-state index in [1.165, 1.54) is 26.4 Å². The summed E-state index contributed by atoms with van der Waals surface area (Å²) in [5.41, 5.74) is 0.890. The third-order valence-electron chi connectivity index (χ3n) is 9.99. The molecule has 9 nitrogen and oxygen atoms in total. The minimum atomic E-state index is -1.10. The Morgan fingerprint density at radius 1 is 1.16 bits per heavy atom. The van der Waals surface area contributed by atoms with E-state index in [2.05, 4.69) is 34.8 Å². The third kappa shape index (κ3) is 7.06. The fraction of sp³-hybridized carbons (Fsp3) is 0.667. The second-order valence-corrected chi connectivity index (χ2v) is 14.4. The van der Waals surface area contributed by atoms with Gasteiger partial charge in [0, 0.05) is 37.1 Å². The Hall–Kier alpha value is -2.18. The Balaban J connectivity index is 1.49. The molecule has 3 N–H and O–H groups in total. The zero-order valence-electron chi connectivity index (χ0n) is 25.2. The Morgan fingerprint density at radius 2 is 1.84 bits per heavy atom. The summed E-state index contributed by atoms with van der Waals surface area (Å²) < 4.78 is 12.5. The number of hydrogen-bond donors (Lipinski definition) is 3. The molecule has 10 heteroatoms. The van der Waals surface area contributed by atoms with E-state index in [0.717, 1.165) is 56.1 Å². The number of carbonyl (C=O) groups excluding carboxylic acids is 3. The van der Waals surface area contributed by atoms with Crippen molar-refractivity contribution in [3.63, 3.8) is 0 Å². The number of hydrogen-bond acceptors (Lipinski definition) is 7. The van der Waals surface area contributed by atoms with Crippen molar-refractivity contribution in [2.45, 2.75) is 89.4 Å². The molecule has 4 saturated carbocycles. The molecular formula is C33H45IN2O7. The van der Waals surface area contributed by atoms with Crippen molar-refractivity contribution < 1.29 is 34.1 Å². The predicted octanol–water partition coefficient (Wildman–Crippen LogP) is 4.26. The first-order valence-corrected chi connectivity index (χ1v) is 16.8. The van der Waals surface area contributed by atoms with Gasteiger partial charge in [0.05, 0.1) is 23.3 Å². The van der Waals surface area contributed by atoms with Crippen LogP contribution in [0.4, 0.5) is 0 Å². The van der Waals surface area contributed by atoms with Crippen LogP contribution in [0.3, 0.4) is 0 Å². The normalized spacial score (nSPS) is 30.9. The van der Waals surface area contributed by atoms with E-state index in [1.54, 1.807) is 18.2 Å². The Morgan fingerprint density at radius 3 is 2.42 bits per heavy atom. The third-order valence-corrected chi connectivity index (χ3v) is 10.8. The molecule has 0 saturated heterocycles. The summed E-state index contributed by atoms with van der Waals surface area (Å²) in [6, 6.07) is 2.59. The number of unbranched alkanes of at least 4 members (excludes halogenated alkanes) is 1. The van der Waals surface area contributed by atoms with Gasteiger partial charge in [-0.3, -0.25) is 14.4 Å². The summed E-state index contributed by atoms with van der Waals surface area (Å²) in [7, 11) is 1.48. The maximum Gasteiger partial charge on any atom is 0.247 e. The molecule has 1 aromatic carbocycles. The van der Waals surface area contributed by atoms with Crippen molar-refractivity contribution in [1.29, 1.82) is 0 Å². The van der Waals surface area contributed by atoms with E-state index in [4.69, 9.17) is 9.47 Å². The molecule has 236 valence electrons. The minimum absolute atomic E-state index is 0.0138. The van der Waals surface area contributed by atoms with E-state index < -0.39 is 18.2 Å². The first-order chi connectivity index (χ1) is 20.7. The molecule has 1 aromatic rings. The summed E-state index contributed by atoms with van der Waals surface area (Å²) in [6.07, 6.45) is 9.81. The molecule has 0 spiro atoms. The molecule has 0 radical (unpaired) electrons. The standard InChI is InChI=1S/C33H45IN2O7/c1-3-4-5-29(39)36(19-33-15-20-8-21(16-33)10-22(9-20)17-33)26-13-24(32(41)35-6-7-37)14-27(30(26)40)43-31-25(34)11-23(18-38)12-28(31)42-2/h11-12,14,18,20-22,26-27,30,37,40H,3-10,13,15-17,19H2,1-2H3,(H,35,41)/t20?,21?,22?,26-,27+,30+,33?/m1/s1. The van der Waals surface area contributed by atoms with Crippen LogP contribution in [0.25, 0.3) is 0 Å². The SMILES string of the molecule is CCCCC(=O)N(CC12CC3CC(CC(C3)C1)C2)[C@@H]1CC(C(=O)NCCO)=C[C@H](Oc2c(I)cc(C=O)cc2OC)[C@H]1O. The van der Waals surface area contributed by atoms with Gasteiger partial charge in [0.2, 0.25) is 11.8 Å². The molecule has 6 rings (SSSR count). The second-order valence-electron chi connectivity index (χ2n) is 13.2. The van der Waals surface area contributed by atoms with Crippen molar-refractivity contribution >= 4 is 40.7 Å². The van der Waals surface area contributed by atoms with Gasteiger partial charge in [-0.05, 0) is 109 Å². The molecule has 5 aliphatic rings. The number of nitrogens with zero attached hydrogens (tertiary/aromatic N) is 1. The van der Waals surface area contributed by atoms with Crippen molar-refractivity contribution in [1.82, 2.24) is 10.2 Å². The van der Waals surface area contributed by atoms with Crippen LogP contribution >= 0.6 is 22.6 Å². The number of rotatable bonds is 13. The topological polar surface area (TPSA) is 125 Å². The van der Waals surface area contributed by atoms with Gasteiger partial charge in [-0.15, -0.1) is 0 Å². The first kappa shape index (κ1) is 32.2. The highest BCUT2D eigenvalue weighted by atomic mass is 127. The monoisotopic (exact) mass is 708 g/mol. The number of methoxy groups -OCH3 is 1.